The molecule has 0 spiro atoms. The molecule has 1 heterocycles. The van der Waals surface area contributed by atoms with Crippen LogP contribution in [0.25, 0.3) is 0 Å². The minimum absolute atomic E-state index is 0.000455. The summed E-state index contributed by atoms with van der Waals surface area (Å²) in [5, 5.41) is 0. The number of carbonyl (C=O) groups is 3. The van der Waals surface area contributed by atoms with E-state index in [9.17, 15) is 14.4 Å². The van der Waals surface area contributed by atoms with Crippen molar-refractivity contribution in [1.29, 1.82) is 0 Å². The highest BCUT2D eigenvalue weighted by molar-refractivity contribution is 5.89. The summed E-state index contributed by atoms with van der Waals surface area (Å²) in [7, 11) is 0. The number of amides is 1. The van der Waals surface area contributed by atoms with Crippen molar-refractivity contribution in [2.75, 3.05) is 13.1 Å². The minimum atomic E-state index is -0.880. The van der Waals surface area contributed by atoms with Crippen LogP contribution in [0.15, 0.2) is 30.3 Å². The average molecular weight is 369 g/mol. The van der Waals surface area contributed by atoms with Gasteiger partial charge in [-0.1, -0.05) is 36.8 Å². The van der Waals surface area contributed by atoms with E-state index in [1.165, 1.54) is 0 Å². The van der Waals surface area contributed by atoms with Crippen molar-refractivity contribution in [2.45, 2.75) is 51.0 Å². The quantitative estimate of drug-likeness (QED) is 0.764. The normalized spacial score (nSPS) is 28.7. The zero-order chi connectivity index (χ0) is 18.8. The van der Waals surface area contributed by atoms with Crippen molar-refractivity contribution in [3.63, 3.8) is 0 Å². The topological polar surface area (TPSA) is 63.7 Å². The van der Waals surface area contributed by atoms with E-state index in [2.05, 4.69) is 0 Å². The van der Waals surface area contributed by atoms with Gasteiger partial charge >= 0.3 is 5.97 Å². The van der Waals surface area contributed by atoms with Gasteiger partial charge in [-0.2, -0.15) is 0 Å². The largest absolute Gasteiger partial charge is 0.447 e. The summed E-state index contributed by atoms with van der Waals surface area (Å²) in [6.45, 7) is 1.45. The Morgan fingerprint density at radius 3 is 2.22 bits per heavy atom. The van der Waals surface area contributed by atoms with Crippen LogP contribution in [0.2, 0.25) is 0 Å². The van der Waals surface area contributed by atoms with Crippen LogP contribution in [0.3, 0.4) is 0 Å². The summed E-state index contributed by atoms with van der Waals surface area (Å²) < 4.78 is 5.81. The number of Topliss-reactive ketones (excluding diaryl/α,β-unsaturated/α-hetero) is 1. The van der Waals surface area contributed by atoms with Crippen LogP contribution in [-0.4, -0.2) is 35.6 Å². The lowest BCUT2D eigenvalue weighted by Gasteiger charge is -2.37. The fourth-order valence-corrected chi connectivity index (χ4v) is 4.88. The first-order valence-electron chi connectivity index (χ1n) is 10.2. The number of fused-ring (bicyclic) bond motifs is 2. The van der Waals surface area contributed by atoms with Crippen molar-refractivity contribution in [2.24, 2.45) is 17.8 Å². The van der Waals surface area contributed by atoms with Crippen LogP contribution >= 0.6 is 0 Å². The molecule has 2 saturated carbocycles. The van der Waals surface area contributed by atoms with Crippen molar-refractivity contribution in [3.05, 3.63) is 35.9 Å². The molecule has 1 aliphatic heterocycles. The van der Waals surface area contributed by atoms with Crippen LogP contribution in [0.5, 0.6) is 0 Å². The van der Waals surface area contributed by atoms with Gasteiger partial charge in [-0.3, -0.25) is 14.4 Å². The third-order valence-corrected chi connectivity index (χ3v) is 6.36. The van der Waals surface area contributed by atoms with Crippen molar-refractivity contribution in [3.8, 4) is 0 Å². The molecule has 4 atom stereocenters. The number of benzene rings is 1. The number of esters is 1. The molecule has 1 aromatic carbocycles. The molecule has 3 fully saturated rings. The highest BCUT2D eigenvalue weighted by atomic mass is 16.5. The molecule has 27 heavy (non-hydrogen) atoms. The zero-order valence-corrected chi connectivity index (χ0v) is 15.6. The fourth-order valence-electron chi connectivity index (χ4n) is 4.88. The molecule has 2 bridgehead atoms. The predicted molar refractivity (Wildman–Crippen MR) is 99.7 cm³/mol. The Labute approximate surface area is 160 Å². The molecule has 3 aliphatic rings. The molecule has 1 aromatic rings. The van der Waals surface area contributed by atoms with Gasteiger partial charge in [0.15, 0.2) is 0 Å². The smallest absolute Gasteiger partial charge is 0.310 e. The summed E-state index contributed by atoms with van der Waals surface area (Å²) in [6.07, 6.45) is 5.10. The summed E-state index contributed by atoms with van der Waals surface area (Å²) in [6, 6.07) is 9.28. The molecule has 5 heteroatoms. The van der Waals surface area contributed by atoms with Crippen molar-refractivity contribution < 1.29 is 19.1 Å². The lowest BCUT2D eigenvalue weighted by molar-refractivity contribution is -0.166. The number of hydrogen-bond acceptors (Lipinski definition) is 4. The Morgan fingerprint density at radius 1 is 0.963 bits per heavy atom. The molecular formula is C22H27NO4. The maximum Gasteiger partial charge on any atom is 0.310 e. The Bertz CT molecular complexity index is 694. The number of hydrogen-bond donors (Lipinski definition) is 0. The monoisotopic (exact) mass is 369 g/mol. The number of nitrogens with zero attached hydrogens (tertiary/aromatic N) is 1. The van der Waals surface area contributed by atoms with E-state index >= 15 is 0 Å². The Morgan fingerprint density at radius 2 is 1.59 bits per heavy atom. The van der Waals surface area contributed by atoms with Gasteiger partial charge in [0.25, 0.3) is 5.91 Å². The highest BCUT2D eigenvalue weighted by Gasteiger charge is 2.43. The lowest BCUT2D eigenvalue weighted by atomic mass is 9.67. The Kier molecular flexibility index (Phi) is 5.28. The van der Waals surface area contributed by atoms with Crippen molar-refractivity contribution >= 4 is 17.7 Å². The van der Waals surface area contributed by atoms with Crippen LogP contribution < -0.4 is 0 Å². The lowest BCUT2D eigenvalue weighted by Crippen LogP contribution is -2.41. The van der Waals surface area contributed by atoms with E-state index in [1.807, 2.05) is 30.3 Å². The molecule has 4 rings (SSSR count). The average Bonchev–Trinajstić information content (AvgIpc) is 3.20. The molecular weight excluding hydrogens is 342 g/mol. The van der Waals surface area contributed by atoms with Gasteiger partial charge in [0.2, 0.25) is 6.10 Å². The van der Waals surface area contributed by atoms with Crippen LogP contribution in [-0.2, 0) is 19.1 Å². The van der Waals surface area contributed by atoms with Gasteiger partial charge in [-0.05, 0) is 38.5 Å². The van der Waals surface area contributed by atoms with E-state index in [-0.39, 0.29) is 29.6 Å². The van der Waals surface area contributed by atoms with E-state index in [1.54, 1.807) is 4.90 Å². The Balaban J connectivity index is 1.50. The number of likely N-dealkylation sites (tertiary alicyclic amines) is 1. The molecule has 0 aromatic heterocycles. The van der Waals surface area contributed by atoms with Gasteiger partial charge in [-0.25, -0.2) is 0 Å². The van der Waals surface area contributed by atoms with Crippen LogP contribution in [0, 0.1) is 17.8 Å². The number of ketones is 1. The molecule has 1 saturated heterocycles. The summed E-state index contributed by atoms with van der Waals surface area (Å²) >= 11 is 0. The summed E-state index contributed by atoms with van der Waals surface area (Å²) in [4.78, 5) is 40.0. The first-order valence-corrected chi connectivity index (χ1v) is 10.2. The van der Waals surface area contributed by atoms with E-state index in [0.717, 1.165) is 50.8 Å². The maximum atomic E-state index is 13.0. The second kappa shape index (κ2) is 7.83. The predicted octanol–water partition coefficient (Wildman–Crippen LogP) is 3.29. The fraction of sp³-hybridized carbons (Fsp3) is 0.591. The van der Waals surface area contributed by atoms with Crippen LogP contribution in [0.1, 0.15) is 56.6 Å². The molecule has 0 N–H and O–H groups in total. The molecule has 0 radical (unpaired) electrons. The third-order valence-electron chi connectivity index (χ3n) is 6.36. The summed E-state index contributed by atoms with van der Waals surface area (Å²) in [5.74, 6) is -0.382. The summed E-state index contributed by atoms with van der Waals surface area (Å²) in [5.41, 5.74) is 0.717. The van der Waals surface area contributed by atoms with Gasteiger partial charge in [0.1, 0.15) is 5.78 Å². The first-order chi connectivity index (χ1) is 13.1. The number of carbonyl (C=O) groups excluding carboxylic acids is 3. The first kappa shape index (κ1) is 18.2. The number of rotatable bonds is 4. The van der Waals surface area contributed by atoms with Gasteiger partial charge in [0.05, 0.1) is 5.92 Å². The SMILES string of the molecule is O=C(O[C@H](C(=O)N1CCCC1)c1ccccc1)C1C[C@H]2CCC[C@@H](C1)C2=O. The van der Waals surface area contributed by atoms with E-state index in [0.29, 0.717) is 18.6 Å². The molecule has 5 nitrogen and oxygen atoms in total. The molecule has 1 amide bonds. The Hall–Kier alpha value is -2.17. The second-order valence-electron chi connectivity index (χ2n) is 8.16. The van der Waals surface area contributed by atoms with E-state index in [4.69, 9.17) is 4.74 Å². The minimum Gasteiger partial charge on any atom is -0.447 e. The highest BCUT2D eigenvalue weighted by Crippen LogP contribution is 2.41. The van der Waals surface area contributed by atoms with Gasteiger partial charge in [-0.15, -0.1) is 0 Å². The molecule has 2 aliphatic carbocycles. The van der Waals surface area contributed by atoms with Gasteiger partial charge < -0.3 is 9.64 Å². The van der Waals surface area contributed by atoms with Crippen LogP contribution in [0.4, 0.5) is 0 Å². The van der Waals surface area contributed by atoms with Crippen molar-refractivity contribution in [1.82, 2.24) is 4.90 Å². The van der Waals surface area contributed by atoms with E-state index < -0.39 is 6.10 Å². The van der Waals surface area contributed by atoms with Gasteiger partial charge in [0, 0.05) is 30.5 Å². The second-order valence-corrected chi connectivity index (χ2v) is 8.16. The maximum absolute atomic E-state index is 13.0. The molecule has 144 valence electrons. The number of ether oxygens (including phenoxy) is 1. The molecule has 1 unspecified atom stereocenters. The zero-order valence-electron chi connectivity index (χ0n) is 15.6. The third kappa shape index (κ3) is 3.78. The standard InChI is InChI=1S/C22H27NO4/c24-19-16-9-6-10-17(19)14-18(13-16)22(26)27-20(15-7-2-1-3-8-15)21(25)23-11-4-5-12-23/h1-3,7-8,16-18,20H,4-6,9-14H2/t16-,17+,18?,20-/m0/s1.